The van der Waals surface area contributed by atoms with Crippen LogP contribution >= 0.6 is 0 Å². The van der Waals surface area contributed by atoms with Crippen molar-refractivity contribution >= 4 is 11.4 Å². The molecule has 2 rings (SSSR count). The first-order valence-corrected chi connectivity index (χ1v) is 6.16. The summed E-state index contributed by atoms with van der Waals surface area (Å²) in [5.41, 5.74) is 6.93. The molecule has 0 saturated heterocycles. The maximum Gasteiger partial charge on any atom is 0.0416 e. The molecule has 0 radical (unpaired) electrons. The Kier molecular flexibility index (Phi) is 3.52. The molecule has 0 bridgehead atoms. The van der Waals surface area contributed by atoms with Gasteiger partial charge in [-0.25, -0.2) is 0 Å². The molecular weight excluding hydrogens is 218 g/mol. The average molecular weight is 237 g/mol. The predicted molar refractivity (Wildman–Crippen MR) is 79.8 cm³/mol. The molecule has 0 aliphatic rings. The molecular formula is C17H19N. The second kappa shape index (κ2) is 5.09. The van der Waals surface area contributed by atoms with Crippen molar-refractivity contribution in [3.8, 4) is 0 Å². The normalized spacial score (nSPS) is 10.2. The molecule has 0 spiro atoms. The molecule has 2 aromatic carbocycles. The first-order valence-electron chi connectivity index (χ1n) is 6.16. The van der Waals surface area contributed by atoms with Gasteiger partial charge in [0, 0.05) is 11.4 Å². The minimum atomic E-state index is 0.934. The van der Waals surface area contributed by atoms with E-state index in [4.69, 9.17) is 0 Å². The lowest BCUT2D eigenvalue weighted by molar-refractivity contribution is 1.37. The fourth-order valence-electron chi connectivity index (χ4n) is 1.86. The van der Waals surface area contributed by atoms with Crippen molar-refractivity contribution in [1.29, 1.82) is 0 Å². The number of aryl methyl sites for hydroxylation is 3. The van der Waals surface area contributed by atoms with Crippen LogP contribution in [0.5, 0.6) is 0 Å². The fraction of sp³-hybridized carbons (Fsp3) is 0.176. The molecule has 0 saturated carbocycles. The summed E-state index contributed by atoms with van der Waals surface area (Å²) in [6, 6.07) is 14.8. The van der Waals surface area contributed by atoms with Crippen LogP contribution < -0.4 is 5.32 Å². The van der Waals surface area contributed by atoms with E-state index in [9.17, 15) is 0 Å². The Morgan fingerprint density at radius 3 is 2.17 bits per heavy atom. The zero-order valence-corrected chi connectivity index (χ0v) is 11.2. The Labute approximate surface area is 109 Å². The van der Waals surface area contributed by atoms with Crippen LogP contribution in [0.1, 0.15) is 22.3 Å². The van der Waals surface area contributed by atoms with Gasteiger partial charge in [-0.2, -0.15) is 0 Å². The standard InChI is InChI=1S/C17H19N/c1-12-6-9-16(10-7-12)15(4)18-17-11-13(2)5-8-14(17)3/h5-11,18H,4H2,1-3H3. The molecule has 0 amide bonds. The van der Waals surface area contributed by atoms with E-state index in [0.29, 0.717) is 0 Å². The highest BCUT2D eigenvalue weighted by Gasteiger charge is 2.02. The Morgan fingerprint density at radius 1 is 0.889 bits per heavy atom. The molecule has 0 heterocycles. The van der Waals surface area contributed by atoms with Gasteiger partial charge in [-0.05, 0) is 43.5 Å². The molecule has 1 nitrogen and oxygen atoms in total. The molecule has 2 aromatic rings. The second-order valence-electron chi connectivity index (χ2n) is 4.79. The zero-order chi connectivity index (χ0) is 13.1. The zero-order valence-electron chi connectivity index (χ0n) is 11.2. The quantitative estimate of drug-likeness (QED) is 0.816. The first kappa shape index (κ1) is 12.4. The van der Waals surface area contributed by atoms with Crippen molar-refractivity contribution in [2.75, 3.05) is 5.32 Å². The summed E-state index contributed by atoms with van der Waals surface area (Å²) in [4.78, 5) is 0. The number of hydrogen-bond acceptors (Lipinski definition) is 1. The molecule has 0 fully saturated rings. The van der Waals surface area contributed by atoms with Crippen LogP contribution in [0.15, 0.2) is 49.0 Å². The van der Waals surface area contributed by atoms with Gasteiger partial charge in [0.15, 0.2) is 0 Å². The van der Waals surface area contributed by atoms with Crippen molar-refractivity contribution in [2.45, 2.75) is 20.8 Å². The summed E-state index contributed by atoms with van der Waals surface area (Å²) in [7, 11) is 0. The summed E-state index contributed by atoms with van der Waals surface area (Å²) >= 11 is 0. The largest absolute Gasteiger partial charge is 0.355 e. The van der Waals surface area contributed by atoms with Crippen LogP contribution in [-0.4, -0.2) is 0 Å². The summed E-state index contributed by atoms with van der Waals surface area (Å²) < 4.78 is 0. The minimum absolute atomic E-state index is 0.934. The molecule has 0 atom stereocenters. The van der Waals surface area contributed by atoms with Gasteiger partial charge in [-0.15, -0.1) is 0 Å². The van der Waals surface area contributed by atoms with Crippen molar-refractivity contribution in [2.24, 2.45) is 0 Å². The fourth-order valence-corrected chi connectivity index (χ4v) is 1.86. The van der Waals surface area contributed by atoms with Crippen molar-refractivity contribution in [1.82, 2.24) is 0 Å². The highest BCUT2D eigenvalue weighted by Crippen LogP contribution is 2.21. The van der Waals surface area contributed by atoms with Crippen LogP contribution in [0.4, 0.5) is 5.69 Å². The molecule has 0 unspecified atom stereocenters. The van der Waals surface area contributed by atoms with E-state index in [1.165, 1.54) is 16.7 Å². The molecule has 0 aromatic heterocycles. The van der Waals surface area contributed by atoms with Crippen LogP contribution in [0.25, 0.3) is 5.70 Å². The smallest absolute Gasteiger partial charge is 0.0416 e. The van der Waals surface area contributed by atoms with Gasteiger partial charge in [-0.3, -0.25) is 0 Å². The summed E-state index contributed by atoms with van der Waals surface area (Å²) in [5.74, 6) is 0. The van der Waals surface area contributed by atoms with E-state index in [0.717, 1.165) is 16.9 Å². The van der Waals surface area contributed by atoms with Crippen LogP contribution in [0.3, 0.4) is 0 Å². The number of hydrogen-bond donors (Lipinski definition) is 1. The lowest BCUT2D eigenvalue weighted by atomic mass is 10.1. The Bertz CT molecular complexity index is 565. The van der Waals surface area contributed by atoms with Gasteiger partial charge in [-0.1, -0.05) is 48.5 Å². The summed E-state index contributed by atoms with van der Waals surface area (Å²) in [5, 5.41) is 3.39. The third-order valence-corrected chi connectivity index (χ3v) is 3.08. The molecule has 0 aliphatic carbocycles. The molecule has 1 N–H and O–H groups in total. The summed E-state index contributed by atoms with van der Waals surface area (Å²) in [6.45, 7) is 10.4. The Hall–Kier alpha value is -2.02. The number of rotatable bonds is 3. The molecule has 92 valence electrons. The van der Waals surface area contributed by atoms with E-state index in [1.54, 1.807) is 0 Å². The second-order valence-corrected chi connectivity index (χ2v) is 4.79. The SMILES string of the molecule is C=C(Nc1cc(C)ccc1C)c1ccc(C)cc1. The van der Waals surface area contributed by atoms with Gasteiger partial charge in [0.2, 0.25) is 0 Å². The molecule has 18 heavy (non-hydrogen) atoms. The van der Waals surface area contributed by atoms with Crippen LogP contribution in [-0.2, 0) is 0 Å². The highest BCUT2D eigenvalue weighted by atomic mass is 14.9. The van der Waals surface area contributed by atoms with Crippen LogP contribution in [0, 0.1) is 20.8 Å². The molecule has 0 aliphatic heterocycles. The third-order valence-electron chi connectivity index (χ3n) is 3.08. The molecule has 1 heteroatoms. The van der Waals surface area contributed by atoms with Gasteiger partial charge in [0.05, 0.1) is 0 Å². The number of nitrogens with one attached hydrogen (secondary N) is 1. The van der Waals surface area contributed by atoms with Crippen molar-refractivity contribution in [3.63, 3.8) is 0 Å². The Morgan fingerprint density at radius 2 is 1.50 bits per heavy atom. The first-order chi connectivity index (χ1) is 8.56. The monoisotopic (exact) mass is 237 g/mol. The van der Waals surface area contributed by atoms with Gasteiger partial charge in [0.25, 0.3) is 0 Å². The maximum atomic E-state index is 4.11. The van der Waals surface area contributed by atoms with E-state index >= 15 is 0 Å². The topological polar surface area (TPSA) is 12.0 Å². The Balaban J connectivity index is 2.21. The number of benzene rings is 2. The lowest BCUT2D eigenvalue weighted by Gasteiger charge is -2.13. The minimum Gasteiger partial charge on any atom is -0.355 e. The van der Waals surface area contributed by atoms with Gasteiger partial charge >= 0.3 is 0 Å². The van der Waals surface area contributed by atoms with Crippen molar-refractivity contribution in [3.05, 3.63) is 71.3 Å². The van der Waals surface area contributed by atoms with E-state index in [-0.39, 0.29) is 0 Å². The lowest BCUT2D eigenvalue weighted by Crippen LogP contribution is -1.99. The van der Waals surface area contributed by atoms with Crippen LogP contribution in [0.2, 0.25) is 0 Å². The predicted octanol–water partition coefficient (Wildman–Crippen LogP) is 4.69. The van der Waals surface area contributed by atoms with E-state index in [2.05, 4.69) is 75.1 Å². The van der Waals surface area contributed by atoms with Gasteiger partial charge in [0.1, 0.15) is 0 Å². The maximum absolute atomic E-state index is 4.11. The van der Waals surface area contributed by atoms with E-state index in [1.807, 2.05) is 0 Å². The van der Waals surface area contributed by atoms with E-state index < -0.39 is 0 Å². The van der Waals surface area contributed by atoms with Gasteiger partial charge < -0.3 is 5.32 Å². The number of anilines is 1. The highest BCUT2D eigenvalue weighted by molar-refractivity contribution is 5.76. The average Bonchev–Trinajstić information content (AvgIpc) is 2.34. The third kappa shape index (κ3) is 2.80. The summed E-state index contributed by atoms with van der Waals surface area (Å²) in [6.07, 6.45) is 0. The van der Waals surface area contributed by atoms with Crippen molar-refractivity contribution < 1.29 is 0 Å².